The van der Waals surface area contributed by atoms with Gasteiger partial charge in [-0.1, -0.05) is 48.6 Å². The van der Waals surface area contributed by atoms with E-state index in [0.717, 1.165) is 5.56 Å². The molecule has 0 unspecified atom stereocenters. The highest BCUT2D eigenvalue weighted by Gasteiger charge is 2.20. The average molecular weight is 313 g/mol. The summed E-state index contributed by atoms with van der Waals surface area (Å²) in [5.74, 6) is 0. The van der Waals surface area contributed by atoms with E-state index in [2.05, 4.69) is 25.7 Å². The summed E-state index contributed by atoms with van der Waals surface area (Å²) in [5.41, 5.74) is 1.03. The van der Waals surface area contributed by atoms with Crippen molar-refractivity contribution in [3.63, 3.8) is 0 Å². The van der Waals surface area contributed by atoms with Crippen LogP contribution in [0.2, 0.25) is 19.6 Å². The molecule has 0 saturated heterocycles. The van der Waals surface area contributed by atoms with Gasteiger partial charge in [-0.2, -0.15) is 8.42 Å². The summed E-state index contributed by atoms with van der Waals surface area (Å²) in [6.07, 6.45) is 2.77. The van der Waals surface area contributed by atoms with Crippen LogP contribution in [0.1, 0.15) is 18.9 Å². The summed E-state index contributed by atoms with van der Waals surface area (Å²) in [5, 5.41) is 1.33. The van der Waals surface area contributed by atoms with E-state index in [0.29, 0.717) is 6.42 Å². The molecule has 0 saturated carbocycles. The Labute approximate surface area is 123 Å². The quantitative estimate of drug-likeness (QED) is 0.591. The van der Waals surface area contributed by atoms with E-state index in [1.807, 2.05) is 13.8 Å². The normalized spacial score (nSPS) is 13.6. The fourth-order valence-corrected chi connectivity index (χ4v) is 4.61. The van der Waals surface area contributed by atoms with E-state index in [1.165, 1.54) is 5.20 Å². The van der Waals surface area contributed by atoms with Gasteiger partial charge in [0.15, 0.2) is 0 Å². The van der Waals surface area contributed by atoms with Gasteiger partial charge in [0, 0.05) is 0 Å². The first-order chi connectivity index (χ1) is 9.16. The van der Waals surface area contributed by atoms with Gasteiger partial charge in [0.2, 0.25) is 0 Å². The lowest BCUT2D eigenvalue weighted by molar-refractivity contribution is 0.323. The molecular formula is C15H24O3SSi. The van der Waals surface area contributed by atoms with Gasteiger partial charge in [-0.05, 0) is 32.4 Å². The molecule has 3 nitrogen and oxygen atoms in total. The van der Waals surface area contributed by atoms with Crippen molar-refractivity contribution >= 4 is 18.2 Å². The van der Waals surface area contributed by atoms with Gasteiger partial charge in [0.05, 0.1) is 19.6 Å². The van der Waals surface area contributed by atoms with E-state index in [-0.39, 0.29) is 11.5 Å². The Morgan fingerprint density at radius 3 is 2.20 bits per heavy atom. The fourth-order valence-electron chi connectivity index (χ4n) is 1.99. The second kappa shape index (κ2) is 6.69. The molecule has 0 atom stereocenters. The number of aryl methyl sites for hydroxylation is 1. The Kier molecular flexibility index (Phi) is 5.74. The van der Waals surface area contributed by atoms with Crippen LogP contribution < -0.4 is 0 Å². The Balaban J connectivity index is 2.68. The number of rotatable bonds is 6. The highest BCUT2D eigenvalue weighted by molar-refractivity contribution is 7.86. The molecule has 0 aliphatic heterocycles. The molecule has 0 aromatic heterocycles. The molecule has 20 heavy (non-hydrogen) atoms. The van der Waals surface area contributed by atoms with Crippen LogP contribution in [0.15, 0.2) is 40.4 Å². The molecule has 1 rings (SSSR count). The molecule has 0 aliphatic carbocycles. The Bertz CT molecular complexity index is 566. The predicted octanol–water partition coefficient (Wildman–Crippen LogP) is 3.91. The van der Waals surface area contributed by atoms with Crippen molar-refractivity contribution in [3.8, 4) is 0 Å². The lowest BCUT2D eigenvalue weighted by Crippen LogP contribution is -2.25. The molecule has 0 heterocycles. The maximum atomic E-state index is 12.0. The van der Waals surface area contributed by atoms with Crippen molar-refractivity contribution in [1.29, 1.82) is 0 Å². The standard InChI is InChI=1S/C15H24O3SSi/c1-6-15(20(3,4)5)11-12-18-19(16,17)14-9-7-13(2)8-10-14/h6-10H,11-12H2,1-5H3. The van der Waals surface area contributed by atoms with Crippen LogP contribution in [0.4, 0.5) is 0 Å². The maximum absolute atomic E-state index is 12.0. The summed E-state index contributed by atoms with van der Waals surface area (Å²) in [6, 6.07) is 6.71. The van der Waals surface area contributed by atoms with Crippen molar-refractivity contribution in [3.05, 3.63) is 41.1 Å². The van der Waals surface area contributed by atoms with Crippen LogP contribution in [-0.2, 0) is 14.3 Å². The molecule has 0 N–H and O–H groups in total. The zero-order chi connectivity index (χ0) is 15.4. The molecular weight excluding hydrogens is 288 g/mol. The molecule has 112 valence electrons. The van der Waals surface area contributed by atoms with E-state index < -0.39 is 18.2 Å². The fraction of sp³-hybridized carbons (Fsp3) is 0.467. The van der Waals surface area contributed by atoms with Gasteiger partial charge in [-0.25, -0.2) is 0 Å². The number of allylic oxidation sites excluding steroid dienone is 1. The van der Waals surface area contributed by atoms with Crippen molar-refractivity contribution < 1.29 is 12.6 Å². The first-order valence-corrected chi connectivity index (χ1v) is 11.7. The molecule has 0 radical (unpaired) electrons. The predicted molar refractivity (Wildman–Crippen MR) is 86.0 cm³/mol. The van der Waals surface area contributed by atoms with Crippen LogP contribution in [0.5, 0.6) is 0 Å². The van der Waals surface area contributed by atoms with Crippen LogP contribution >= 0.6 is 0 Å². The van der Waals surface area contributed by atoms with Gasteiger partial charge in [-0.3, -0.25) is 4.18 Å². The van der Waals surface area contributed by atoms with Crippen molar-refractivity contribution in [2.45, 2.75) is 44.8 Å². The van der Waals surface area contributed by atoms with Crippen LogP contribution in [-0.4, -0.2) is 23.1 Å². The summed E-state index contributed by atoms with van der Waals surface area (Å²) in [6.45, 7) is 10.9. The molecule has 1 aromatic carbocycles. The molecule has 1 aromatic rings. The van der Waals surface area contributed by atoms with Gasteiger partial charge in [0.1, 0.15) is 0 Å². The first-order valence-electron chi connectivity index (χ1n) is 6.78. The summed E-state index contributed by atoms with van der Waals surface area (Å²) < 4.78 is 29.2. The zero-order valence-corrected chi connectivity index (χ0v) is 14.8. The maximum Gasteiger partial charge on any atom is 0.296 e. The van der Waals surface area contributed by atoms with Crippen LogP contribution in [0.3, 0.4) is 0 Å². The molecule has 0 bridgehead atoms. The topological polar surface area (TPSA) is 43.4 Å². The summed E-state index contributed by atoms with van der Waals surface area (Å²) in [4.78, 5) is 0.220. The monoisotopic (exact) mass is 312 g/mol. The zero-order valence-electron chi connectivity index (χ0n) is 12.9. The summed E-state index contributed by atoms with van der Waals surface area (Å²) in [7, 11) is -5.02. The van der Waals surface area contributed by atoms with E-state index in [1.54, 1.807) is 24.3 Å². The Morgan fingerprint density at radius 2 is 1.75 bits per heavy atom. The second-order valence-electron chi connectivity index (χ2n) is 5.90. The molecule has 0 aliphatic rings. The molecule has 5 heteroatoms. The Morgan fingerprint density at radius 1 is 1.20 bits per heavy atom. The van der Waals surface area contributed by atoms with Crippen molar-refractivity contribution in [2.24, 2.45) is 0 Å². The number of benzene rings is 1. The van der Waals surface area contributed by atoms with E-state index >= 15 is 0 Å². The average Bonchev–Trinajstić information content (AvgIpc) is 2.33. The van der Waals surface area contributed by atoms with Crippen LogP contribution in [0.25, 0.3) is 0 Å². The number of hydrogen-bond donors (Lipinski definition) is 0. The van der Waals surface area contributed by atoms with Gasteiger partial charge in [-0.15, -0.1) is 0 Å². The first kappa shape index (κ1) is 17.1. The van der Waals surface area contributed by atoms with E-state index in [9.17, 15) is 8.42 Å². The second-order valence-corrected chi connectivity index (χ2v) is 12.7. The Hall–Kier alpha value is -0.913. The molecule has 0 fully saturated rings. The lowest BCUT2D eigenvalue weighted by atomic mass is 10.2. The van der Waals surface area contributed by atoms with Gasteiger partial charge < -0.3 is 0 Å². The smallest absolute Gasteiger partial charge is 0.266 e. The highest BCUT2D eigenvalue weighted by atomic mass is 32.2. The lowest BCUT2D eigenvalue weighted by Gasteiger charge is -2.20. The molecule has 0 spiro atoms. The number of hydrogen-bond acceptors (Lipinski definition) is 3. The summed E-state index contributed by atoms with van der Waals surface area (Å²) >= 11 is 0. The van der Waals surface area contributed by atoms with Gasteiger partial charge in [0.25, 0.3) is 10.1 Å². The third-order valence-electron chi connectivity index (χ3n) is 3.23. The van der Waals surface area contributed by atoms with E-state index in [4.69, 9.17) is 4.18 Å². The molecule has 0 amide bonds. The SMILES string of the molecule is CC=C(CCOS(=O)(=O)c1ccc(C)cc1)[Si](C)(C)C. The minimum Gasteiger partial charge on any atom is -0.266 e. The van der Waals surface area contributed by atoms with Crippen molar-refractivity contribution in [1.82, 2.24) is 0 Å². The van der Waals surface area contributed by atoms with Crippen molar-refractivity contribution in [2.75, 3.05) is 6.61 Å². The minimum absolute atomic E-state index is 0.208. The minimum atomic E-state index is -3.64. The van der Waals surface area contributed by atoms with Gasteiger partial charge >= 0.3 is 0 Å². The third kappa shape index (κ3) is 4.88. The highest BCUT2D eigenvalue weighted by Crippen LogP contribution is 2.19. The third-order valence-corrected chi connectivity index (χ3v) is 7.02. The largest absolute Gasteiger partial charge is 0.296 e. The van der Waals surface area contributed by atoms with Crippen LogP contribution in [0, 0.1) is 6.92 Å².